The molecule has 0 aromatic carbocycles. The monoisotopic (exact) mass is 278 g/mol. The van der Waals surface area contributed by atoms with E-state index in [1.807, 2.05) is 13.8 Å². The molecule has 0 saturated carbocycles. The van der Waals surface area contributed by atoms with Crippen LogP contribution in [0.4, 0.5) is 5.69 Å². The molecule has 0 bridgehead atoms. The molecule has 3 N–H and O–H groups in total. The summed E-state index contributed by atoms with van der Waals surface area (Å²) in [5.41, 5.74) is 10.1. The predicted octanol–water partition coefficient (Wildman–Crippen LogP) is 0.658. The maximum absolute atomic E-state index is 10.0. The number of rotatable bonds is 4. The molecule has 1 saturated heterocycles. The van der Waals surface area contributed by atoms with Crippen LogP contribution in [0.3, 0.4) is 0 Å². The van der Waals surface area contributed by atoms with Crippen LogP contribution in [0.5, 0.6) is 0 Å². The minimum Gasteiger partial charge on any atom is -0.391 e. The Kier molecular flexibility index (Phi) is 4.62. The standard InChI is InChI=1S/C15H26N4O/c1-10-5-15(14(7-16)11(2)17-10)19-9-13(20)6-12(19)8-18(3)4/h5,12-13,20H,6-9,16H2,1-4H3. The second-order valence-electron chi connectivity index (χ2n) is 6.01. The summed E-state index contributed by atoms with van der Waals surface area (Å²) in [5.74, 6) is 0. The predicted molar refractivity (Wildman–Crippen MR) is 81.9 cm³/mol. The van der Waals surface area contributed by atoms with E-state index in [0.29, 0.717) is 19.1 Å². The molecular weight excluding hydrogens is 252 g/mol. The van der Waals surface area contributed by atoms with Gasteiger partial charge in [-0.1, -0.05) is 0 Å². The lowest BCUT2D eigenvalue weighted by Gasteiger charge is -2.31. The number of nitrogens with two attached hydrogens (primary N) is 1. The van der Waals surface area contributed by atoms with Gasteiger partial charge in [0, 0.05) is 48.3 Å². The summed E-state index contributed by atoms with van der Waals surface area (Å²) in [5, 5.41) is 10.0. The third kappa shape index (κ3) is 3.11. The normalized spacial score (nSPS) is 22.9. The Bertz CT molecular complexity index is 475. The number of aromatic nitrogens is 1. The fourth-order valence-electron chi connectivity index (χ4n) is 3.12. The van der Waals surface area contributed by atoms with Gasteiger partial charge in [-0.3, -0.25) is 4.98 Å². The van der Waals surface area contributed by atoms with Crippen LogP contribution in [0.2, 0.25) is 0 Å². The molecule has 20 heavy (non-hydrogen) atoms. The van der Waals surface area contributed by atoms with Crippen molar-refractivity contribution in [3.05, 3.63) is 23.0 Å². The first kappa shape index (κ1) is 15.2. The molecule has 5 nitrogen and oxygen atoms in total. The summed E-state index contributed by atoms with van der Waals surface area (Å²) >= 11 is 0. The van der Waals surface area contributed by atoms with Crippen molar-refractivity contribution in [3.8, 4) is 0 Å². The van der Waals surface area contributed by atoms with Gasteiger partial charge in [0.05, 0.1) is 6.10 Å². The Labute approximate surface area is 121 Å². The maximum Gasteiger partial charge on any atom is 0.0735 e. The van der Waals surface area contributed by atoms with Crippen molar-refractivity contribution < 1.29 is 5.11 Å². The highest BCUT2D eigenvalue weighted by Crippen LogP contribution is 2.31. The van der Waals surface area contributed by atoms with Gasteiger partial charge in [0.25, 0.3) is 0 Å². The minimum atomic E-state index is -0.264. The smallest absolute Gasteiger partial charge is 0.0735 e. The highest BCUT2D eigenvalue weighted by Gasteiger charge is 2.32. The summed E-state index contributed by atoms with van der Waals surface area (Å²) in [7, 11) is 4.13. The topological polar surface area (TPSA) is 65.6 Å². The number of hydrogen-bond acceptors (Lipinski definition) is 5. The van der Waals surface area contributed by atoms with Crippen molar-refractivity contribution in [2.45, 2.75) is 39.0 Å². The first-order valence-electron chi connectivity index (χ1n) is 7.19. The molecule has 1 aliphatic rings. The molecule has 2 unspecified atom stereocenters. The highest BCUT2D eigenvalue weighted by atomic mass is 16.3. The molecule has 0 amide bonds. The van der Waals surface area contributed by atoms with Gasteiger partial charge >= 0.3 is 0 Å². The number of β-amino-alcohol motifs (C(OH)–C–C–N with tert-alkyl or cyclic N) is 1. The van der Waals surface area contributed by atoms with E-state index in [1.54, 1.807) is 0 Å². The molecule has 0 aliphatic carbocycles. The van der Waals surface area contributed by atoms with Gasteiger partial charge in [0.2, 0.25) is 0 Å². The van der Waals surface area contributed by atoms with E-state index in [2.05, 4.69) is 34.9 Å². The van der Waals surface area contributed by atoms with Crippen molar-refractivity contribution in [3.63, 3.8) is 0 Å². The summed E-state index contributed by atoms with van der Waals surface area (Å²) in [6, 6.07) is 2.42. The second-order valence-corrected chi connectivity index (χ2v) is 6.01. The maximum atomic E-state index is 10.0. The quantitative estimate of drug-likeness (QED) is 0.847. The number of hydrogen-bond donors (Lipinski definition) is 2. The number of nitrogens with zero attached hydrogens (tertiary/aromatic N) is 3. The van der Waals surface area contributed by atoms with Crippen LogP contribution in [0.1, 0.15) is 23.4 Å². The number of pyridine rings is 1. The summed E-state index contributed by atoms with van der Waals surface area (Å²) in [6.45, 7) is 6.10. The van der Waals surface area contributed by atoms with Crippen molar-refractivity contribution in [1.82, 2.24) is 9.88 Å². The van der Waals surface area contributed by atoms with Crippen LogP contribution >= 0.6 is 0 Å². The molecule has 1 fully saturated rings. The molecule has 1 aromatic heterocycles. The number of aliphatic hydroxyl groups is 1. The van der Waals surface area contributed by atoms with Crippen LogP contribution in [-0.4, -0.2) is 54.3 Å². The molecule has 1 aliphatic heterocycles. The highest BCUT2D eigenvalue weighted by molar-refractivity contribution is 5.58. The number of aryl methyl sites for hydroxylation is 2. The minimum absolute atomic E-state index is 0.264. The van der Waals surface area contributed by atoms with Crippen LogP contribution in [0.15, 0.2) is 6.07 Å². The summed E-state index contributed by atoms with van der Waals surface area (Å²) in [4.78, 5) is 8.97. The van der Waals surface area contributed by atoms with Crippen LogP contribution in [0, 0.1) is 13.8 Å². The lowest BCUT2D eigenvalue weighted by molar-refractivity contribution is 0.191. The SMILES string of the molecule is Cc1cc(N2CC(O)CC2CN(C)C)c(CN)c(C)n1. The van der Waals surface area contributed by atoms with Crippen LogP contribution in [-0.2, 0) is 6.54 Å². The number of anilines is 1. The third-order valence-corrected chi connectivity index (χ3v) is 3.92. The molecule has 112 valence electrons. The van der Waals surface area contributed by atoms with Gasteiger partial charge in [-0.2, -0.15) is 0 Å². The molecule has 0 radical (unpaired) electrons. The molecule has 2 rings (SSSR count). The molecule has 2 atom stereocenters. The van der Waals surface area contributed by atoms with E-state index < -0.39 is 0 Å². The molecular formula is C15H26N4O. The van der Waals surface area contributed by atoms with Crippen molar-refractivity contribution >= 4 is 5.69 Å². The van der Waals surface area contributed by atoms with Crippen molar-refractivity contribution in [1.29, 1.82) is 0 Å². The van der Waals surface area contributed by atoms with Gasteiger partial charge < -0.3 is 20.6 Å². The first-order chi connectivity index (χ1) is 9.42. The van der Waals surface area contributed by atoms with E-state index in [0.717, 1.165) is 35.6 Å². The first-order valence-corrected chi connectivity index (χ1v) is 7.19. The summed E-state index contributed by atoms with van der Waals surface area (Å²) < 4.78 is 0. The largest absolute Gasteiger partial charge is 0.391 e. The van der Waals surface area contributed by atoms with E-state index in [4.69, 9.17) is 5.73 Å². The zero-order valence-corrected chi connectivity index (χ0v) is 12.9. The average molecular weight is 278 g/mol. The molecule has 0 spiro atoms. The second kappa shape index (κ2) is 6.08. The fraction of sp³-hybridized carbons (Fsp3) is 0.667. The lowest BCUT2D eigenvalue weighted by atomic mass is 10.1. The van der Waals surface area contributed by atoms with Crippen molar-refractivity contribution in [2.24, 2.45) is 5.73 Å². The Morgan fingerprint density at radius 3 is 2.75 bits per heavy atom. The van der Waals surface area contributed by atoms with E-state index in [-0.39, 0.29) is 6.10 Å². The fourth-order valence-corrected chi connectivity index (χ4v) is 3.12. The van der Waals surface area contributed by atoms with Gasteiger partial charge in [-0.15, -0.1) is 0 Å². The average Bonchev–Trinajstić information content (AvgIpc) is 2.68. The number of likely N-dealkylation sites (N-methyl/N-ethyl adjacent to an activating group) is 1. The van der Waals surface area contributed by atoms with Crippen LogP contribution < -0.4 is 10.6 Å². The molecule has 5 heteroatoms. The van der Waals surface area contributed by atoms with Gasteiger partial charge in [0.1, 0.15) is 0 Å². The van der Waals surface area contributed by atoms with E-state index >= 15 is 0 Å². The third-order valence-electron chi connectivity index (χ3n) is 3.92. The number of aliphatic hydroxyl groups excluding tert-OH is 1. The Hall–Kier alpha value is -1.17. The zero-order valence-electron chi connectivity index (χ0n) is 12.9. The van der Waals surface area contributed by atoms with Crippen LogP contribution in [0.25, 0.3) is 0 Å². The Morgan fingerprint density at radius 2 is 2.15 bits per heavy atom. The lowest BCUT2D eigenvalue weighted by Crippen LogP contribution is -2.38. The molecule has 2 heterocycles. The van der Waals surface area contributed by atoms with E-state index in [1.165, 1.54) is 0 Å². The Balaban J connectivity index is 2.38. The summed E-state index contributed by atoms with van der Waals surface area (Å²) in [6.07, 6.45) is 0.544. The van der Waals surface area contributed by atoms with E-state index in [9.17, 15) is 5.11 Å². The zero-order chi connectivity index (χ0) is 14.9. The Morgan fingerprint density at radius 1 is 1.45 bits per heavy atom. The van der Waals surface area contributed by atoms with Crippen molar-refractivity contribution in [2.75, 3.05) is 32.1 Å². The van der Waals surface area contributed by atoms with Gasteiger partial charge in [0.15, 0.2) is 0 Å². The van der Waals surface area contributed by atoms with Gasteiger partial charge in [-0.05, 0) is 40.4 Å². The molecule has 1 aromatic rings. The van der Waals surface area contributed by atoms with Gasteiger partial charge in [-0.25, -0.2) is 0 Å².